The van der Waals surface area contributed by atoms with E-state index in [2.05, 4.69) is 5.32 Å². The molecule has 0 saturated carbocycles. The van der Waals surface area contributed by atoms with Crippen molar-refractivity contribution in [2.75, 3.05) is 4.90 Å². The SMILES string of the molecule is CC(C)Oc1ccc2ccccc2c1/C=C1\C(=O)NC(=S)N(c2cccc(C(F)(F)F)c2)C1=O. The third-order valence-electron chi connectivity index (χ3n) is 5.12. The number of amides is 2. The quantitative estimate of drug-likeness (QED) is 0.303. The lowest BCUT2D eigenvalue weighted by Crippen LogP contribution is -2.54. The lowest BCUT2D eigenvalue weighted by Gasteiger charge is -2.29. The summed E-state index contributed by atoms with van der Waals surface area (Å²) < 4.78 is 45.6. The van der Waals surface area contributed by atoms with Gasteiger partial charge in [0.25, 0.3) is 11.8 Å². The molecule has 1 aliphatic rings. The van der Waals surface area contributed by atoms with Gasteiger partial charge in [-0.1, -0.05) is 36.4 Å². The molecule has 174 valence electrons. The summed E-state index contributed by atoms with van der Waals surface area (Å²) >= 11 is 5.12. The fourth-order valence-corrected chi connectivity index (χ4v) is 3.92. The Bertz CT molecular complexity index is 1350. The van der Waals surface area contributed by atoms with Gasteiger partial charge in [0.1, 0.15) is 11.3 Å². The summed E-state index contributed by atoms with van der Waals surface area (Å²) in [4.78, 5) is 27.0. The molecule has 5 nitrogen and oxygen atoms in total. The molecule has 1 saturated heterocycles. The minimum Gasteiger partial charge on any atom is -0.490 e. The number of carbonyl (C=O) groups excluding carboxylic acids is 2. The Hall–Kier alpha value is -3.72. The minimum absolute atomic E-state index is 0.104. The van der Waals surface area contributed by atoms with Crippen LogP contribution in [0.15, 0.2) is 66.2 Å². The number of ether oxygens (including phenoxy) is 1. The summed E-state index contributed by atoms with van der Waals surface area (Å²) in [6.07, 6.45) is -3.40. The lowest BCUT2D eigenvalue weighted by molar-refractivity contribution is -0.137. The third-order valence-corrected chi connectivity index (χ3v) is 5.40. The molecule has 4 rings (SSSR count). The molecule has 0 spiro atoms. The zero-order valence-electron chi connectivity index (χ0n) is 18.1. The number of hydrogen-bond donors (Lipinski definition) is 1. The zero-order valence-corrected chi connectivity index (χ0v) is 19.0. The number of hydrogen-bond acceptors (Lipinski definition) is 4. The second-order valence-corrected chi connectivity index (χ2v) is 8.26. The minimum atomic E-state index is -4.61. The predicted molar refractivity (Wildman–Crippen MR) is 127 cm³/mol. The van der Waals surface area contributed by atoms with Crippen molar-refractivity contribution >= 4 is 51.7 Å². The van der Waals surface area contributed by atoms with E-state index in [4.69, 9.17) is 17.0 Å². The predicted octanol–water partition coefficient (Wildman–Crippen LogP) is 5.48. The third kappa shape index (κ3) is 4.51. The molecular weight excluding hydrogens is 465 g/mol. The van der Waals surface area contributed by atoms with Gasteiger partial charge < -0.3 is 4.74 Å². The Morgan fingerprint density at radius 2 is 1.76 bits per heavy atom. The average Bonchev–Trinajstić information content (AvgIpc) is 2.76. The highest BCUT2D eigenvalue weighted by molar-refractivity contribution is 7.80. The van der Waals surface area contributed by atoms with E-state index in [0.717, 1.165) is 27.8 Å². The van der Waals surface area contributed by atoms with Crippen molar-refractivity contribution < 1.29 is 27.5 Å². The summed E-state index contributed by atoms with van der Waals surface area (Å²) in [5.41, 5.74) is -0.824. The number of fused-ring (bicyclic) bond motifs is 1. The van der Waals surface area contributed by atoms with Gasteiger partial charge >= 0.3 is 6.18 Å². The normalized spacial score (nSPS) is 15.9. The largest absolute Gasteiger partial charge is 0.490 e. The molecule has 9 heteroatoms. The van der Waals surface area contributed by atoms with Crippen LogP contribution < -0.4 is 15.0 Å². The summed E-state index contributed by atoms with van der Waals surface area (Å²) in [5, 5.41) is 3.70. The Kier molecular flexibility index (Phi) is 6.14. The molecular formula is C25H19F3N2O3S. The van der Waals surface area contributed by atoms with Crippen molar-refractivity contribution in [3.05, 3.63) is 77.4 Å². The van der Waals surface area contributed by atoms with E-state index in [1.165, 1.54) is 18.2 Å². The highest BCUT2D eigenvalue weighted by atomic mass is 32.1. The van der Waals surface area contributed by atoms with Crippen LogP contribution in [0, 0.1) is 0 Å². The Balaban J connectivity index is 1.85. The summed E-state index contributed by atoms with van der Waals surface area (Å²) in [6, 6.07) is 15.2. The fraction of sp³-hybridized carbons (Fsp3) is 0.160. The van der Waals surface area contributed by atoms with Crippen molar-refractivity contribution in [3.63, 3.8) is 0 Å². The number of carbonyl (C=O) groups is 2. The van der Waals surface area contributed by atoms with Crippen LogP contribution in [0.2, 0.25) is 0 Å². The first-order chi connectivity index (χ1) is 16.1. The molecule has 3 aromatic carbocycles. The second kappa shape index (κ2) is 8.90. The molecule has 0 aromatic heterocycles. The molecule has 1 N–H and O–H groups in total. The van der Waals surface area contributed by atoms with Crippen LogP contribution in [0.4, 0.5) is 18.9 Å². The van der Waals surface area contributed by atoms with E-state index in [1.807, 2.05) is 44.2 Å². The highest BCUT2D eigenvalue weighted by Gasteiger charge is 2.37. The van der Waals surface area contributed by atoms with Crippen LogP contribution in [0.3, 0.4) is 0 Å². The number of alkyl halides is 3. The highest BCUT2D eigenvalue weighted by Crippen LogP contribution is 2.34. The van der Waals surface area contributed by atoms with E-state index in [9.17, 15) is 22.8 Å². The topological polar surface area (TPSA) is 58.6 Å². The van der Waals surface area contributed by atoms with Crippen molar-refractivity contribution in [2.45, 2.75) is 26.1 Å². The van der Waals surface area contributed by atoms with Crippen molar-refractivity contribution in [1.29, 1.82) is 0 Å². The fourth-order valence-electron chi connectivity index (χ4n) is 3.64. The van der Waals surface area contributed by atoms with Crippen LogP contribution in [-0.4, -0.2) is 23.0 Å². The summed E-state index contributed by atoms with van der Waals surface area (Å²) in [7, 11) is 0. The number of thiocarbonyl (C=S) groups is 1. The Morgan fingerprint density at radius 1 is 1.03 bits per heavy atom. The number of nitrogens with one attached hydrogen (secondary N) is 1. The zero-order chi connectivity index (χ0) is 24.6. The molecule has 1 fully saturated rings. The van der Waals surface area contributed by atoms with Crippen molar-refractivity contribution in [3.8, 4) is 5.75 Å². The van der Waals surface area contributed by atoms with Crippen LogP contribution in [0.5, 0.6) is 5.75 Å². The van der Waals surface area contributed by atoms with Gasteiger partial charge in [-0.15, -0.1) is 0 Å². The number of benzene rings is 3. The first-order valence-corrected chi connectivity index (χ1v) is 10.7. The smallest absolute Gasteiger partial charge is 0.416 e. The summed E-state index contributed by atoms with van der Waals surface area (Å²) in [5.74, 6) is -1.13. The number of anilines is 1. The standard InChI is InChI=1S/C25H19F3N2O3S/c1-14(2)33-21-11-10-15-6-3-4-9-18(15)19(21)13-20-22(31)29-24(34)30(23(20)32)17-8-5-7-16(12-17)25(26,27)28/h3-14H,1-2H3,(H,29,31,34)/b20-13+. The molecule has 2 amide bonds. The second-order valence-electron chi connectivity index (χ2n) is 7.87. The van der Waals surface area contributed by atoms with E-state index < -0.39 is 23.6 Å². The van der Waals surface area contributed by atoms with Crippen LogP contribution >= 0.6 is 12.2 Å². The molecule has 3 aromatic rings. The molecule has 0 bridgehead atoms. The number of nitrogens with zero attached hydrogens (tertiary/aromatic N) is 1. The first kappa shape index (κ1) is 23.4. The van der Waals surface area contributed by atoms with Gasteiger partial charge in [0, 0.05) is 5.56 Å². The van der Waals surface area contributed by atoms with Gasteiger partial charge in [0.15, 0.2) is 5.11 Å². The maximum Gasteiger partial charge on any atom is 0.416 e. The molecule has 0 radical (unpaired) electrons. The molecule has 1 aliphatic heterocycles. The van der Waals surface area contributed by atoms with Gasteiger partial charge in [-0.25, -0.2) is 0 Å². The number of rotatable bonds is 4. The van der Waals surface area contributed by atoms with Gasteiger partial charge in [-0.2, -0.15) is 13.2 Å². The van der Waals surface area contributed by atoms with E-state index >= 15 is 0 Å². The van der Waals surface area contributed by atoms with Crippen molar-refractivity contribution in [1.82, 2.24) is 5.32 Å². The van der Waals surface area contributed by atoms with E-state index in [-0.39, 0.29) is 22.5 Å². The monoisotopic (exact) mass is 484 g/mol. The average molecular weight is 484 g/mol. The molecule has 0 atom stereocenters. The van der Waals surface area contributed by atoms with Gasteiger partial charge in [-0.3, -0.25) is 19.8 Å². The molecule has 1 heterocycles. The van der Waals surface area contributed by atoms with E-state index in [0.29, 0.717) is 11.3 Å². The van der Waals surface area contributed by atoms with Gasteiger partial charge in [0.05, 0.1) is 17.4 Å². The van der Waals surface area contributed by atoms with E-state index in [1.54, 1.807) is 6.07 Å². The lowest BCUT2D eigenvalue weighted by atomic mass is 9.99. The van der Waals surface area contributed by atoms with Crippen molar-refractivity contribution in [2.24, 2.45) is 0 Å². The number of halogens is 3. The maximum atomic E-state index is 13.4. The molecule has 0 unspecified atom stereocenters. The van der Waals surface area contributed by atoms with Gasteiger partial charge in [-0.05, 0) is 67.2 Å². The molecule has 0 aliphatic carbocycles. The Labute approximate surface area is 198 Å². The van der Waals surface area contributed by atoms with Crippen LogP contribution in [0.25, 0.3) is 16.8 Å². The summed E-state index contributed by atoms with van der Waals surface area (Å²) in [6.45, 7) is 3.69. The van der Waals surface area contributed by atoms with Crippen LogP contribution in [-0.2, 0) is 15.8 Å². The molecule has 34 heavy (non-hydrogen) atoms. The first-order valence-electron chi connectivity index (χ1n) is 10.3. The van der Waals surface area contributed by atoms with Crippen LogP contribution in [0.1, 0.15) is 25.0 Å². The Morgan fingerprint density at radius 3 is 2.47 bits per heavy atom. The van der Waals surface area contributed by atoms with Gasteiger partial charge in [0.2, 0.25) is 0 Å². The maximum absolute atomic E-state index is 13.4.